The number of aromatic amines is 1. The number of benzene rings is 1. The minimum Gasteiger partial charge on any atom is -0.505 e. The number of phenolic OH excluding ortho intramolecular Hbond substituents is 1. The first kappa shape index (κ1) is 12.3. The van der Waals surface area contributed by atoms with Crippen molar-refractivity contribution in [2.75, 3.05) is 13.2 Å². The highest BCUT2D eigenvalue weighted by molar-refractivity contribution is 5.87. The maximum Gasteiger partial charge on any atom is 0.353 e. The molecule has 0 saturated heterocycles. The van der Waals surface area contributed by atoms with Gasteiger partial charge in [0.1, 0.15) is 18.9 Å². The number of nitrogens with zero attached hydrogens (tertiary/aromatic N) is 1. The molecule has 20 heavy (non-hydrogen) atoms. The summed E-state index contributed by atoms with van der Waals surface area (Å²) >= 11 is 0. The van der Waals surface area contributed by atoms with Crippen LogP contribution in [0.25, 0.3) is 11.3 Å². The van der Waals surface area contributed by atoms with E-state index in [1.165, 1.54) is 0 Å². The molecule has 1 aliphatic rings. The van der Waals surface area contributed by atoms with Crippen molar-refractivity contribution in [3.8, 4) is 28.5 Å². The number of hydrogen-bond acceptors (Lipinski definition) is 5. The first-order valence-corrected chi connectivity index (χ1v) is 5.68. The van der Waals surface area contributed by atoms with E-state index in [9.17, 15) is 14.3 Å². The summed E-state index contributed by atoms with van der Waals surface area (Å²) in [5.41, 5.74) is -0.325. The number of H-pyrrole nitrogens is 1. The van der Waals surface area contributed by atoms with Gasteiger partial charge in [-0.25, -0.2) is 9.18 Å². The van der Waals surface area contributed by atoms with Gasteiger partial charge in [0.2, 0.25) is 0 Å². The van der Waals surface area contributed by atoms with Crippen molar-refractivity contribution in [3.05, 3.63) is 23.6 Å². The number of phenols is 1. The van der Waals surface area contributed by atoms with Gasteiger partial charge in [0.05, 0.1) is 11.3 Å². The minimum absolute atomic E-state index is 0.0116. The highest BCUT2D eigenvalue weighted by Crippen LogP contribution is 2.44. The summed E-state index contributed by atoms with van der Waals surface area (Å²) in [6.45, 7) is 0.499. The van der Waals surface area contributed by atoms with Crippen LogP contribution in [0.5, 0.6) is 17.2 Å². The van der Waals surface area contributed by atoms with Crippen molar-refractivity contribution in [1.82, 2.24) is 10.2 Å². The zero-order valence-electron chi connectivity index (χ0n) is 10.0. The van der Waals surface area contributed by atoms with E-state index >= 15 is 0 Å². The van der Waals surface area contributed by atoms with Gasteiger partial charge in [0, 0.05) is 6.07 Å². The molecule has 0 bridgehead atoms. The largest absolute Gasteiger partial charge is 0.505 e. The molecule has 0 radical (unpaired) electrons. The lowest BCUT2D eigenvalue weighted by molar-refractivity contribution is 0.0690. The molecule has 0 unspecified atom stereocenters. The summed E-state index contributed by atoms with van der Waals surface area (Å²) in [5, 5.41) is 24.4. The fourth-order valence-electron chi connectivity index (χ4n) is 1.94. The maximum absolute atomic E-state index is 14.1. The molecule has 104 valence electrons. The number of hydrogen-bond donors (Lipinski definition) is 3. The molecule has 0 atom stereocenters. The van der Waals surface area contributed by atoms with E-state index in [1.807, 2.05) is 0 Å². The van der Waals surface area contributed by atoms with Crippen molar-refractivity contribution in [3.63, 3.8) is 0 Å². The summed E-state index contributed by atoms with van der Waals surface area (Å²) < 4.78 is 24.7. The van der Waals surface area contributed by atoms with E-state index in [1.54, 1.807) is 0 Å². The molecule has 0 saturated carbocycles. The van der Waals surface area contributed by atoms with E-state index in [-0.39, 0.29) is 41.7 Å². The van der Waals surface area contributed by atoms with E-state index < -0.39 is 17.5 Å². The third kappa shape index (κ3) is 1.81. The lowest BCUT2D eigenvalue weighted by Crippen LogP contribution is -2.16. The van der Waals surface area contributed by atoms with Crippen LogP contribution in [0.1, 0.15) is 10.5 Å². The lowest BCUT2D eigenvalue weighted by atomic mass is 10.1. The first-order chi connectivity index (χ1) is 9.58. The number of ether oxygens (including phenoxy) is 2. The summed E-state index contributed by atoms with van der Waals surface area (Å²) in [7, 11) is 0. The number of nitrogens with one attached hydrogen (secondary N) is 1. The van der Waals surface area contributed by atoms with Gasteiger partial charge in [-0.1, -0.05) is 0 Å². The molecule has 0 aliphatic carbocycles. The molecule has 0 amide bonds. The number of halogens is 1. The van der Waals surface area contributed by atoms with Gasteiger partial charge in [-0.15, -0.1) is 0 Å². The van der Waals surface area contributed by atoms with Gasteiger partial charge in [0.25, 0.3) is 0 Å². The number of aromatic nitrogens is 2. The number of aromatic carboxylic acids is 1. The van der Waals surface area contributed by atoms with Crippen LogP contribution in [-0.2, 0) is 0 Å². The number of rotatable bonds is 2. The molecule has 0 spiro atoms. The fourth-order valence-corrected chi connectivity index (χ4v) is 1.94. The Morgan fingerprint density at radius 3 is 2.80 bits per heavy atom. The standard InChI is InChI=1S/C12H9FN2O5/c13-10-7(16)4-8-11(20-2-1-19-8)9(10)5-3-6(12(17)18)15-14-5/h3-4,16H,1-2H2,(H,14,15)(H,17,18). The third-order valence-electron chi connectivity index (χ3n) is 2.81. The smallest absolute Gasteiger partial charge is 0.353 e. The summed E-state index contributed by atoms with van der Waals surface area (Å²) in [6, 6.07) is 2.26. The SMILES string of the molecule is O=C(O)c1cc(-c2c(F)c(O)cc3c2OCCO3)n[nH]1. The fraction of sp³-hybridized carbons (Fsp3) is 0.167. The van der Waals surface area contributed by atoms with E-state index in [0.29, 0.717) is 0 Å². The molecule has 1 aromatic heterocycles. The predicted octanol–water partition coefficient (Wildman–Crippen LogP) is 1.39. The Morgan fingerprint density at radius 2 is 2.10 bits per heavy atom. The van der Waals surface area contributed by atoms with Crippen molar-refractivity contribution < 1.29 is 28.9 Å². The van der Waals surface area contributed by atoms with Crippen LogP contribution in [0.15, 0.2) is 12.1 Å². The van der Waals surface area contributed by atoms with Crippen molar-refractivity contribution in [2.24, 2.45) is 0 Å². The van der Waals surface area contributed by atoms with Gasteiger partial charge in [-0.3, -0.25) is 5.10 Å². The molecule has 8 heteroatoms. The molecule has 7 nitrogen and oxygen atoms in total. The molecular weight excluding hydrogens is 271 g/mol. The molecule has 3 N–H and O–H groups in total. The molecule has 0 fully saturated rings. The first-order valence-electron chi connectivity index (χ1n) is 5.68. The van der Waals surface area contributed by atoms with Crippen molar-refractivity contribution in [1.29, 1.82) is 0 Å². The molecular formula is C12H9FN2O5. The number of carbonyl (C=O) groups is 1. The van der Waals surface area contributed by atoms with E-state index in [4.69, 9.17) is 14.6 Å². The van der Waals surface area contributed by atoms with Crippen molar-refractivity contribution >= 4 is 5.97 Å². The predicted molar refractivity (Wildman–Crippen MR) is 63.6 cm³/mol. The number of aromatic hydroxyl groups is 1. The second-order valence-corrected chi connectivity index (χ2v) is 4.08. The second-order valence-electron chi connectivity index (χ2n) is 4.08. The van der Waals surface area contributed by atoms with E-state index in [0.717, 1.165) is 12.1 Å². The summed E-state index contributed by atoms with van der Waals surface area (Å²) in [6.07, 6.45) is 0. The Bertz CT molecular complexity index is 697. The summed E-state index contributed by atoms with van der Waals surface area (Å²) in [5.74, 6) is -2.52. The second kappa shape index (κ2) is 4.41. The van der Waals surface area contributed by atoms with Crippen LogP contribution in [0, 0.1) is 5.82 Å². The number of fused-ring (bicyclic) bond motifs is 1. The van der Waals surface area contributed by atoms with Gasteiger partial charge in [0.15, 0.2) is 23.1 Å². The Labute approximate surface area is 111 Å². The van der Waals surface area contributed by atoms with Gasteiger partial charge in [-0.2, -0.15) is 5.10 Å². The van der Waals surface area contributed by atoms with Crippen LogP contribution >= 0.6 is 0 Å². The zero-order valence-corrected chi connectivity index (χ0v) is 10.0. The molecule has 1 aliphatic heterocycles. The Kier molecular flexibility index (Phi) is 2.70. The molecule has 2 heterocycles. The van der Waals surface area contributed by atoms with Crippen LogP contribution in [0.4, 0.5) is 4.39 Å². The van der Waals surface area contributed by atoms with Gasteiger partial charge >= 0.3 is 5.97 Å². The average molecular weight is 280 g/mol. The van der Waals surface area contributed by atoms with Gasteiger partial charge in [-0.05, 0) is 6.07 Å². The Morgan fingerprint density at radius 1 is 1.35 bits per heavy atom. The minimum atomic E-state index is -1.23. The summed E-state index contributed by atoms with van der Waals surface area (Å²) in [4.78, 5) is 10.8. The maximum atomic E-state index is 14.1. The van der Waals surface area contributed by atoms with Crippen LogP contribution in [0.3, 0.4) is 0 Å². The number of carboxylic acid groups (broad SMARTS) is 1. The van der Waals surface area contributed by atoms with Crippen LogP contribution in [-0.4, -0.2) is 39.6 Å². The molecule has 1 aromatic carbocycles. The number of carboxylic acids is 1. The van der Waals surface area contributed by atoms with Crippen LogP contribution < -0.4 is 9.47 Å². The Balaban J connectivity index is 2.20. The molecule has 2 aromatic rings. The van der Waals surface area contributed by atoms with Crippen molar-refractivity contribution in [2.45, 2.75) is 0 Å². The zero-order chi connectivity index (χ0) is 14.3. The normalized spacial score (nSPS) is 13.2. The van der Waals surface area contributed by atoms with Crippen LogP contribution in [0.2, 0.25) is 0 Å². The molecule has 3 rings (SSSR count). The third-order valence-corrected chi connectivity index (χ3v) is 2.81. The average Bonchev–Trinajstić information content (AvgIpc) is 2.90. The van der Waals surface area contributed by atoms with E-state index in [2.05, 4.69) is 10.2 Å². The Hall–Kier alpha value is -2.77. The highest BCUT2D eigenvalue weighted by atomic mass is 19.1. The topological polar surface area (TPSA) is 105 Å². The lowest BCUT2D eigenvalue weighted by Gasteiger charge is -2.21. The quantitative estimate of drug-likeness (QED) is 0.767. The van der Waals surface area contributed by atoms with Gasteiger partial charge < -0.3 is 19.7 Å². The monoisotopic (exact) mass is 280 g/mol. The highest BCUT2D eigenvalue weighted by Gasteiger charge is 2.26.